The van der Waals surface area contributed by atoms with Gasteiger partial charge in [-0.2, -0.15) is 5.11 Å². The average Bonchev–Trinajstić information content (AvgIpc) is 2.36. The normalized spacial score (nSPS) is 10.9. The number of nitrogen functional groups attached to an aromatic ring is 1. The summed E-state index contributed by atoms with van der Waals surface area (Å²) in [5.74, 6) is 0. The number of nitrogens with zero attached hydrogens (tertiary/aromatic N) is 2. The fourth-order valence-corrected chi connectivity index (χ4v) is 1.61. The molecular weight excluding hydrogens is 257 g/mol. The number of azo groups is 1. The van der Waals surface area contributed by atoms with E-state index in [1.54, 1.807) is 12.1 Å². The first-order chi connectivity index (χ1) is 8.18. The molecule has 86 valence electrons. The zero-order valence-corrected chi connectivity index (χ0v) is 10.3. The lowest BCUT2D eigenvalue weighted by molar-refractivity contribution is 1.23. The standard InChI is InChI=1S/C12H9Cl2N3/c13-11-9(15)6-7-10(12(11)14)17-16-8-4-2-1-3-5-8/h1-7H,15H2. The lowest BCUT2D eigenvalue weighted by Gasteiger charge is -2.02. The molecule has 0 unspecified atom stereocenters. The summed E-state index contributed by atoms with van der Waals surface area (Å²) < 4.78 is 0. The van der Waals surface area contributed by atoms with Crippen molar-refractivity contribution in [3.05, 3.63) is 52.5 Å². The van der Waals surface area contributed by atoms with Gasteiger partial charge in [0.05, 0.1) is 21.4 Å². The highest BCUT2D eigenvalue weighted by atomic mass is 35.5. The predicted molar refractivity (Wildman–Crippen MR) is 71.5 cm³/mol. The summed E-state index contributed by atoms with van der Waals surface area (Å²) in [7, 11) is 0. The van der Waals surface area contributed by atoms with Gasteiger partial charge in [0.1, 0.15) is 5.69 Å². The molecule has 0 aliphatic carbocycles. The summed E-state index contributed by atoms with van der Waals surface area (Å²) in [6.07, 6.45) is 0. The second-order valence-electron chi connectivity index (χ2n) is 3.34. The molecule has 0 aliphatic heterocycles. The van der Waals surface area contributed by atoms with Crippen molar-refractivity contribution in [1.82, 2.24) is 0 Å². The first kappa shape index (κ1) is 11.9. The van der Waals surface area contributed by atoms with E-state index in [1.807, 2.05) is 30.3 Å². The lowest BCUT2D eigenvalue weighted by atomic mass is 10.3. The Morgan fingerprint density at radius 2 is 1.53 bits per heavy atom. The van der Waals surface area contributed by atoms with E-state index in [9.17, 15) is 0 Å². The van der Waals surface area contributed by atoms with E-state index in [4.69, 9.17) is 28.9 Å². The lowest BCUT2D eigenvalue weighted by Crippen LogP contribution is -1.85. The summed E-state index contributed by atoms with van der Waals surface area (Å²) in [4.78, 5) is 0. The number of rotatable bonds is 2. The Morgan fingerprint density at radius 3 is 2.24 bits per heavy atom. The van der Waals surface area contributed by atoms with E-state index in [2.05, 4.69) is 10.2 Å². The summed E-state index contributed by atoms with van der Waals surface area (Å²) in [5.41, 5.74) is 7.28. The SMILES string of the molecule is Nc1ccc(N=Nc2ccccc2)c(Cl)c1Cl. The molecule has 17 heavy (non-hydrogen) atoms. The van der Waals surface area contributed by atoms with Crippen molar-refractivity contribution in [3.8, 4) is 0 Å². The Bertz CT molecular complexity index is 553. The molecular formula is C12H9Cl2N3. The summed E-state index contributed by atoms with van der Waals surface area (Å²) in [6.45, 7) is 0. The smallest absolute Gasteiger partial charge is 0.106 e. The highest BCUT2D eigenvalue weighted by Gasteiger charge is 2.07. The van der Waals surface area contributed by atoms with Crippen molar-refractivity contribution in [2.75, 3.05) is 5.73 Å². The van der Waals surface area contributed by atoms with Crippen LogP contribution in [-0.4, -0.2) is 0 Å². The molecule has 0 radical (unpaired) electrons. The van der Waals surface area contributed by atoms with Crippen molar-refractivity contribution in [3.63, 3.8) is 0 Å². The number of anilines is 1. The minimum atomic E-state index is 0.302. The summed E-state index contributed by atoms with van der Waals surface area (Å²) in [6, 6.07) is 12.7. The van der Waals surface area contributed by atoms with Crippen LogP contribution in [0.3, 0.4) is 0 Å². The van der Waals surface area contributed by atoms with Crippen LogP contribution in [0, 0.1) is 0 Å². The Morgan fingerprint density at radius 1 is 0.824 bits per heavy atom. The predicted octanol–water partition coefficient (Wildman–Crippen LogP) is 4.99. The number of halogens is 2. The van der Waals surface area contributed by atoms with Gasteiger partial charge in [0, 0.05) is 0 Å². The molecule has 0 saturated carbocycles. The van der Waals surface area contributed by atoms with E-state index in [0.717, 1.165) is 5.69 Å². The third-order valence-electron chi connectivity index (χ3n) is 2.12. The molecule has 0 fully saturated rings. The maximum absolute atomic E-state index is 6.00. The maximum Gasteiger partial charge on any atom is 0.106 e. The van der Waals surface area contributed by atoms with Crippen LogP contribution in [0.5, 0.6) is 0 Å². The van der Waals surface area contributed by atoms with Crippen LogP contribution in [-0.2, 0) is 0 Å². The second-order valence-corrected chi connectivity index (χ2v) is 4.09. The van der Waals surface area contributed by atoms with Gasteiger partial charge in [0.15, 0.2) is 0 Å². The number of benzene rings is 2. The molecule has 5 heteroatoms. The van der Waals surface area contributed by atoms with Crippen LogP contribution in [0.2, 0.25) is 10.0 Å². The molecule has 0 atom stereocenters. The van der Waals surface area contributed by atoms with Crippen LogP contribution in [0.25, 0.3) is 0 Å². The molecule has 0 amide bonds. The van der Waals surface area contributed by atoms with E-state index in [1.165, 1.54) is 0 Å². The van der Waals surface area contributed by atoms with Gasteiger partial charge in [-0.1, -0.05) is 41.4 Å². The zero-order valence-electron chi connectivity index (χ0n) is 8.77. The monoisotopic (exact) mass is 265 g/mol. The molecule has 0 heterocycles. The Kier molecular flexibility index (Phi) is 3.61. The molecule has 3 nitrogen and oxygen atoms in total. The first-order valence-electron chi connectivity index (χ1n) is 4.89. The molecule has 2 aromatic carbocycles. The van der Waals surface area contributed by atoms with Crippen molar-refractivity contribution in [2.45, 2.75) is 0 Å². The fraction of sp³-hybridized carbons (Fsp3) is 0. The van der Waals surface area contributed by atoms with Gasteiger partial charge < -0.3 is 5.73 Å². The van der Waals surface area contributed by atoms with Gasteiger partial charge in [-0.05, 0) is 24.3 Å². The van der Waals surface area contributed by atoms with Gasteiger partial charge in [-0.3, -0.25) is 0 Å². The minimum Gasteiger partial charge on any atom is -0.397 e. The Labute approximate surface area is 109 Å². The zero-order chi connectivity index (χ0) is 12.3. The van der Waals surface area contributed by atoms with E-state index < -0.39 is 0 Å². The average molecular weight is 266 g/mol. The first-order valence-corrected chi connectivity index (χ1v) is 5.64. The van der Waals surface area contributed by atoms with Gasteiger partial charge in [0.25, 0.3) is 0 Å². The summed E-state index contributed by atoms with van der Waals surface area (Å²) in [5, 5.41) is 8.69. The third kappa shape index (κ3) is 2.75. The topological polar surface area (TPSA) is 50.7 Å². The van der Waals surface area contributed by atoms with Crippen LogP contribution < -0.4 is 5.73 Å². The molecule has 2 rings (SSSR count). The maximum atomic E-state index is 6.00. The molecule has 0 aromatic heterocycles. The highest BCUT2D eigenvalue weighted by Crippen LogP contribution is 2.36. The molecule has 0 bridgehead atoms. The molecule has 2 N–H and O–H groups in total. The quantitative estimate of drug-likeness (QED) is 0.604. The van der Waals surface area contributed by atoms with E-state index >= 15 is 0 Å². The summed E-state index contributed by atoms with van der Waals surface area (Å²) >= 11 is 11.9. The van der Waals surface area contributed by atoms with E-state index in [-0.39, 0.29) is 0 Å². The largest absolute Gasteiger partial charge is 0.397 e. The van der Waals surface area contributed by atoms with Crippen LogP contribution in [0.1, 0.15) is 0 Å². The van der Waals surface area contributed by atoms with Crippen LogP contribution in [0.15, 0.2) is 52.7 Å². The van der Waals surface area contributed by atoms with E-state index in [0.29, 0.717) is 21.4 Å². The number of hydrogen-bond donors (Lipinski definition) is 1. The molecule has 0 aliphatic rings. The minimum absolute atomic E-state index is 0.302. The van der Waals surface area contributed by atoms with Gasteiger partial charge in [-0.25, -0.2) is 0 Å². The van der Waals surface area contributed by atoms with Crippen LogP contribution >= 0.6 is 23.2 Å². The molecule has 0 spiro atoms. The van der Waals surface area contributed by atoms with Crippen molar-refractivity contribution in [1.29, 1.82) is 0 Å². The number of hydrogen-bond acceptors (Lipinski definition) is 3. The Balaban J connectivity index is 2.31. The fourth-order valence-electron chi connectivity index (χ4n) is 1.24. The Hall–Kier alpha value is -1.58. The van der Waals surface area contributed by atoms with Crippen molar-refractivity contribution >= 4 is 40.3 Å². The highest BCUT2D eigenvalue weighted by molar-refractivity contribution is 6.45. The van der Waals surface area contributed by atoms with Crippen molar-refractivity contribution in [2.24, 2.45) is 10.2 Å². The van der Waals surface area contributed by atoms with Crippen LogP contribution in [0.4, 0.5) is 17.1 Å². The van der Waals surface area contributed by atoms with Gasteiger partial charge in [0.2, 0.25) is 0 Å². The third-order valence-corrected chi connectivity index (χ3v) is 3.01. The second kappa shape index (κ2) is 5.17. The van der Waals surface area contributed by atoms with Gasteiger partial charge >= 0.3 is 0 Å². The molecule has 0 saturated heterocycles. The molecule has 2 aromatic rings. The van der Waals surface area contributed by atoms with Crippen molar-refractivity contribution < 1.29 is 0 Å². The number of nitrogens with two attached hydrogens (primary N) is 1. The van der Waals surface area contributed by atoms with Gasteiger partial charge in [-0.15, -0.1) is 5.11 Å².